The van der Waals surface area contributed by atoms with Gasteiger partial charge < -0.3 is 4.90 Å². The molecule has 15 heavy (non-hydrogen) atoms. The molecule has 1 aromatic heterocycles. The number of hydrogen-bond donors (Lipinski definition) is 0. The summed E-state index contributed by atoms with van der Waals surface area (Å²) in [7, 11) is 0. The Hall–Kier alpha value is -0.410. The minimum atomic E-state index is 0.394. The number of nitrogens with zero attached hydrogens (tertiary/aromatic N) is 2. The molecular weight excluding hydrogens is 252 g/mol. The molecule has 1 aromatic rings. The summed E-state index contributed by atoms with van der Waals surface area (Å²) in [6, 6.07) is 4.30. The van der Waals surface area contributed by atoms with E-state index in [4.69, 9.17) is 0 Å². The smallest absolute Gasteiger partial charge is 0.109 e. The second kappa shape index (κ2) is 3.56. The van der Waals surface area contributed by atoms with Crippen LogP contribution in [0.3, 0.4) is 0 Å². The highest BCUT2D eigenvalue weighted by molar-refractivity contribution is 9.10. The minimum absolute atomic E-state index is 0.394. The van der Waals surface area contributed by atoms with Crippen molar-refractivity contribution in [3.8, 4) is 0 Å². The number of halogens is 1. The Morgan fingerprint density at radius 1 is 1.33 bits per heavy atom. The van der Waals surface area contributed by atoms with Crippen molar-refractivity contribution in [3.63, 3.8) is 0 Å². The molecule has 2 fully saturated rings. The van der Waals surface area contributed by atoms with Crippen LogP contribution in [0.15, 0.2) is 22.9 Å². The monoisotopic (exact) mass is 266 g/mol. The van der Waals surface area contributed by atoms with Gasteiger partial charge in [0.15, 0.2) is 0 Å². The fourth-order valence-corrected chi connectivity index (χ4v) is 3.80. The SMILES string of the molecule is Brc1ncccc1C12CCCN(CC1)C2. The predicted octanol–water partition coefficient (Wildman–Crippen LogP) is 2.58. The molecule has 0 amide bonds. The van der Waals surface area contributed by atoms with Gasteiger partial charge in [-0.3, -0.25) is 0 Å². The summed E-state index contributed by atoms with van der Waals surface area (Å²) in [5.41, 5.74) is 1.82. The third-order valence-corrected chi connectivity index (χ3v) is 4.52. The maximum absolute atomic E-state index is 4.36. The topological polar surface area (TPSA) is 16.1 Å². The number of hydrogen-bond acceptors (Lipinski definition) is 2. The van der Waals surface area contributed by atoms with E-state index in [0.29, 0.717) is 5.41 Å². The maximum atomic E-state index is 4.36. The molecular formula is C12H15BrN2. The Balaban J connectivity index is 2.02. The largest absolute Gasteiger partial charge is 0.302 e. The zero-order chi connectivity index (χ0) is 10.3. The van der Waals surface area contributed by atoms with Gasteiger partial charge in [-0.2, -0.15) is 0 Å². The Kier molecular flexibility index (Phi) is 2.33. The van der Waals surface area contributed by atoms with Gasteiger partial charge in [-0.1, -0.05) is 6.07 Å². The van der Waals surface area contributed by atoms with E-state index in [1.54, 1.807) is 0 Å². The molecule has 0 aliphatic carbocycles. The van der Waals surface area contributed by atoms with Gasteiger partial charge in [0.2, 0.25) is 0 Å². The molecule has 3 heteroatoms. The molecule has 0 saturated carbocycles. The first-order valence-electron chi connectivity index (χ1n) is 5.64. The molecule has 0 aromatic carbocycles. The molecule has 3 rings (SSSR count). The van der Waals surface area contributed by atoms with Crippen LogP contribution in [0.1, 0.15) is 24.8 Å². The van der Waals surface area contributed by atoms with Gasteiger partial charge in [0.25, 0.3) is 0 Å². The number of pyridine rings is 1. The number of aromatic nitrogens is 1. The van der Waals surface area contributed by atoms with Crippen molar-refractivity contribution in [2.24, 2.45) is 0 Å². The van der Waals surface area contributed by atoms with Crippen LogP contribution in [0.2, 0.25) is 0 Å². The molecule has 2 unspecified atom stereocenters. The highest BCUT2D eigenvalue weighted by atomic mass is 79.9. The van der Waals surface area contributed by atoms with E-state index in [-0.39, 0.29) is 0 Å². The van der Waals surface area contributed by atoms with Crippen LogP contribution in [0.4, 0.5) is 0 Å². The van der Waals surface area contributed by atoms with Crippen LogP contribution in [0, 0.1) is 0 Å². The van der Waals surface area contributed by atoms with Gasteiger partial charge in [-0.25, -0.2) is 4.98 Å². The Morgan fingerprint density at radius 3 is 3.13 bits per heavy atom. The zero-order valence-corrected chi connectivity index (χ0v) is 10.3. The second-order valence-electron chi connectivity index (χ2n) is 4.75. The summed E-state index contributed by atoms with van der Waals surface area (Å²) in [6.07, 6.45) is 5.83. The summed E-state index contributed by atoms with van der Waals surface area (Å²) >= 11 is 3.60. The zero-order valence-electron chi connectivity index (χ0n) is 8.75. The van der Waals surface area contributed by atoms with E-state index < -0.39 is 0 Å². The van der Waals surface area contributed by atoms with Crippen molar-refractivity contribution >= 4 is 15.9 Å². The van der Waals surface area contributed by atoms with Crippen molar-refractivity contribution in [2.75, 3.05) is 19.6 Å². The van der Waals surface area contributed by atoms with Crippen LogP contribution in [-0.4, -0.2) is 29.5 Å². The minimum Gasteiger partial charge on any atom is -0.302 e. The van der Waals surface area contributed by atoms with Crippen LogP contribution in [-0.2, 0) is 5.41 Å². The molecule has 0 spiro atoms. The first-order valence-corrected chi connectivity index (χ1v) is 6.43. The van der Waals surface area contributed by atoms with Crippen LogP contribution in [0.25, 0.3) is 0 Å². The summed E-state index contributed by atoms with van der Waals surface area (Å²) < 4.78 is 1.05. The van der Waals surface area contributed by atoms with Crippen molar-refractivity contribution in [2.45, 2.75) is 24.7 Å². The molecule has 0 radical (unpaired) electrons. The second-order valence-corrected chi connectivity index (χ2v) is 5.50. The first kappa shape index (κ1) is 9.79. The highest BCUT2D eigenvalue weighted by Gasteiger charge is 2.43. The molecule has 2 aliphatic heterocycles. The molecule has 2 saturated heterocycles. The van der Waals surface area contributed by atoms with E-state index in [0.717, 1.165) is 4.60 Å². The Morgan fingerprint density at radius 2 is 2.27 bits per heavy atom. The summed E-state index contributed by atoms with van der Waals surface area (Å²) in [4.78, 5) is 6.95. The quantitative estimate of drug-likeness (QED) is 0.727. The third-order valence-electron chi connectivity index (χ3n) is 3.89. The van der Waals surface area contributed by atoms with E-state index in [1.807, 2.05) is 6.20 Å². The van der Waals surface area contributed by atoms with E-state index in [2.05, 4.69) is 37.9 Å². The number of piperidine rings is 1. The Bertz CT molecular complexity index is 376. The Labute approximate surface area is 98.8 Å². The van der Waals surface area contributed by atoms with Crippen molar-refractivity contribution in [3.05, 3.63) is 28.5 Å². The fourth-order valence-electron chi connectivity index (χ4n) is 3.13. The molecule has 2 aliphatic rings. The van der Waals surface area contributed by atoms with Gasteiger partial charge in [0.1, 0.15) is 4.60 Å². The molecule has 80 valence electrons. The normalized spacial score (nSPS) is 34.3. The van der Waals surface area contributed by atoms with Gasteiger partial charge in [0, 0.05) is 18.2 Å². The average Bonchev–Trinajstić information content (AvgIpc) is 2.56. The molecule has 3 heterocycles. The fraction of sp³-hybridized carbons (Fsp3) is 0.583. The van der Waals surface area contributed by atoms with Gasteiger partial charge >= 0.3 is 0 Å². The summed E-state index contributed by atoms with van der Waals surface area (Å²) in [5, 5.41) is 0. The molecule has 2 atom stereocenters. The standard InChI is InChI=1S/C12H15BrN2/c13-11-10(3-1-6-14-11)12-4-2-7-15(9-12)8-5-12/h1,3,6H,2,4-5,7-9H2. The summed E-state index contributed by atoms with van der Waals surface area (Å²) in [5.74, 6) is 0. The average molecular weight is 267 g/mol. The summed E-state index contributed by atoms with van der Waals surface area (Å²) in [6.45, 7) is 3.79. The van der Waals surface area contributed by atoms with Crippen LogP contribution in [0.5, 0.6) is 0 Å². The lowest BCUT2D eigenvalue weighted by Crippen LogP contribution is -2.37. The number of rotatable bonds is 1. The molecule has 2 nitrogen and oxygen atoms in total. The van der Waals surface area contributed by atoms with Crippen LogP contribution >= 0.6 is 15.9 Å². The van der Waals surface area contributed by atoms with E-state index in [9.17, 15) is 0 Å². The van der Waals surface area contributed by atoms with E-state index >= 15 is 0 Å². The van der Waals surface area contributed by atoms with Crippen molar-refractivity contribution in [1.82, 2.24) is 9.88 Å². The maximum Gasteiger partial charge on any atom is 0.109 e. The van der Waals surface area contributed by atoms with E-state index in [1.165, 1.54) is 44.5 Å². The molecule has 0 N–H and O–H groups in total. The lowest BCUT2D eigenvalue weighted by molar-refractivity contribution is 0.242. The third kappa shape index (κ3) is 1.53. The lowest BCUT2D eigenvalue weighted by Gasteiger charge is -2.34. The lowest BCUT2D eigenvalue weighted by atomic mass is 9.75. The van der Waals surface area contributed by atoms with Gasteiger partial charge in [0.05, 0.1) is 0 Å². The first-order chi connectivity index (χ1) is 7.30. The van der Waals surface area contributed by atoms with Gasteiger partial charge in [-0.05, 0) is 59.9 Å². The molecule has 2 bridgehead atoms. The van der Waals surface area contributed by atoms with Crippen molar-refractivity contribution < 1.29 is 0 Å². The number of fused-ring (bicyclic) bond motifs is 2. The van der Waals surface area contributed by atoms with Crippen molar-refractivity contribution in [1.29, 1.82) is 0 Å². The highest BCUT2D eigenvalue weighted by Crippen LogP contribution is 2.43. The van der Waals surface area contributed by atoms with Crippen LogP contribution < -0.4 is 0 Å². The predicted molar refractivity (Wildman–Crippen MR) is 63.9 cm³/mol. The van der Waals surface area contributed by atoms with Gasteiger partial charge in [-0.15, -0.1) is 0 Å².